The zero-order chi connectivity index (χ0) is 16.1. The van der Waals surface area contributed by atoms with Gasteiger partial charge in [0.1, 0.15) is 28.3 Å². The number of halogens is 3. The first-order valence-corrected chi connectivity index (χ1v) is 7.85. The molecule has 0 aliphatic rings. The molecule has 0 aliphatic heterocycles. The van der Waals surface area contributed by atoms with Crippen molar-refractivity contribution in [1.29, 1.82) is 0 Å². The Morgan fingerprint density at radius 1 is 1.23 bits per heavy atom. The standard InChI is InChI=1S/C14H15Cl3N4O/c1-3-11-12(17)13(21-7-20-11)18-5-8(2)22-14-10(16)4-9(15)6-19-14/h4,6-8H,3,5H2,1-2H3,(H,18,20,21). The molecule has 0 bridgehead atoms. The van der Waals surface area contributed by atoms with Crippen LogP contribution in [0.25, 0.3) is 0 Å². The quantitative estimate of drug-likeness (QED) is 0.832. The highest BCUT2D eigenvalue weighted by molar-refractivity contribution is 6.35. The van der Waals surface area contributed by atoms with Crippen LogP contribution in [0, 0.1) is 0 Å². The molecule has 0 aliphatic carbocycles. The van der Waals surface area contributed by atoms with Crippen LogP contribution in [0.3, 0.4) is 0 Å². The molecule has 0 saturated carbocycles. The van der Waals surface area contributed by atoms with Crippen molar-refractivity contribution in [3.8, 4) is 5.88 Å². The number of aryl methyl sites for hydroxylation is 1. The Morgan fingerprint density at radius 3 is 2.68 bits per heavy atom. The maximum Gasteiger partial charge on any atom is 0.232 e. The van der Waals surface area contributed by atoms with E-state index < -0.39 is 0 Å². The van der Waals surface area contributed by atoms with E-state index in [4.69, 9.17) is 39.5 Å². The normalized spacial score (nSPS) is 12.0. The van der Waals surface area contributed by atoms with Crippen molar-refractivity contribution in [2.45, 2.75) is 26.4 Å². The highest BCUT2D eigenvalue weighted by Gasteiger charge is 2.12. The highest BCUT2D eigenvalue weighted by atomic mass is 35.5. The molecule has 118 valence electrons. The van der Waals surface area contributed by atoms with Crippen LogP contribution in [-0.4, -0.2) is 27.6 Å². The molecule has 8 heteroatoms. The van der Waals surface area contributed by atoms with Crippen molar-refractivity contribution >= 4 is 40.6 Å². The number of hydrogen-bond donors (Lipinski definition) is 1. The van der Waals surface area contributed by atoms with E-state index in [1.54, 1.807) is 6.07 Å². The van der Waals surface area contributed by atoms with Crippen molar-refractivity contribution in [1.82, 2.24) is 15.0 Å². The topological polar surface area (TPSA) is 59.9 Å². The van der Waals surface area contributed by atoms with Crippen LogP contribution in [0.4, 0.5) is 5.82 Å². The van der Waals surface area contributed by atoms with Gasteiger partial charge in [-0.3, -0.25) is 0 Å². The van der Waals surface area contributed by atoms with Gasteiger partial charge in [-0.15, -0.1) is 0 Å². The first-order chi connectivity index (χ1) is 10.5. The lowest BCUT2D eigenvalue weighted by Gasteiger charge is -2.16. The fraction of sp³-hybridized carbons (Fsp3) is 0.357. The molecular formula is C14H15Cl3N4O. The third kappa shape index (κ3) is 4.35. The van der Waals surface area contributed by atoms with E-state index in [0.717, 1.165) is 12.1 Å². The second-order valence-electron chi connectivity index (χ2n) is 4.59. The minimum Gasteiger partial charge on any atom is -0.472 e. The molecule has 5 nitrogen and oxygen atoms in total. The van der Waals surface area contributed by atoms with Crippen molar-refractivity contribution < 1.29 is 4.74 Å². The SMILES string of the molecule is CCc1ncnc(NCC(C)Oc2ncc(Cl)cc2Cl)c1Cl. The maximum absolute atomic E-state index is 6.22. The van der Waals surface area contributed by atoms with E-state index in [1.807, 2.05) is 13.8 Å². The Balaban J connectivity index is 1.97. The average molecular weight is 362 g/mol. The number of nitrogens with zero attached hydrogens (tertiary/aromatic N) is 3. The van der Waals surface area contributed by atoms with Crippen molar-refractivity contribution in [3.63, 3.8) is 0 Å². The van der Waals surface area contributed by atoms with Gasteiger partial charge < -0.3 is 10.1 Å². The predicted octanol–water partition coefficient (Wildman–Crippen LogP) is 4.27. The molecule has 0 spiro atoms. The maximum atomic E-state index is 6.22. The number of pyridine rings is 1. The Morgan fingerprint density at radius 2 is 2.00 bits per heavy atom. The summed E-state index contributed by atoms with van der Waals surface area (Å²) < 4.78 is 5.67. The third-order valence-electron chi connectivity index (χ3n) is 2.84. The fourth-order valence-electron chi connectivity index (χ4n) is 1.74. The number of rotatable bonds is 6. The van der Waals surface area contributed by atoms with Gasteiger partial charge in [-0.2, -0.15) is 0 Å². The Labute approximate surface area is 144 Å². The molecule has 0 aromatic carbocycles. The summed E-state index contributed by atoms with van der Waals surface area (Å²) in [5, 5.41) is 4.49. The van der Waals surface area contributed by atoms with Gasteiger partial charge in [0.05, 0.1) is 17.3 Å². The van der Waals surface area contributed by atoms with E-state index in [1.165, 1.54) is 12.5 Å². The monoisotopic (exact) mass is 360 g/mol. The van der Waals surface area contributed by atoms with E-state index in [0.29, 0.717) is 33.3 Å². The predicted molar refractivity (Wildman–Crippen MR) is 89.3 cm³/mol. The summed E-state index contributed by atoms with van der Waals surface area (Å²) in [6.07, 6.45) is 3.52. The van der Waals surface area contributed by atoms with Crippen LogP contribution in [0.1, 0.15) is 19.5 Å². The molecule has 0 amide bonds. The van der Waals surface area contributed by atoms with E-state index in [2.05, 4.69) is 20.3 Å². The molecule has 1 N–H and O–H groups in total. The fourth-order valence-corrected chi connectivity index (χ4v) is 2.46. The third-order valence-corrected chi connectivity index (χ3v) is 3.72. The summed E-state index contributed by atoms with van der Waals surface area (Å²) >= 11 is 18.0. The van der Waals surface area contributed by atoms with E-state index in [9.17, 15) is 0 Å². The zero-order valence-corrected chi connectivity index (χ0v) is 14.4. The number of ether oxygens (including phenoxy) is 1. The number of aromatic nitrogens is 3. The summed E-state index contributed by atoms with van der Waals surface area (Å²) in [5.41, 5.74) is 0.801. The average Bonchev–Trinajstić information content (AvgIpc) is 2.49. The molecule has 22 heavy (non-hydrogen) atoms. The lowest BCUT2D eigenvalue weighted by atomic mass is 10.3. The Kier molecular flexibility index (Phi) is 6.06. The van der Waals surface area contributed by atoms with Crippen molar-refractivity contribution in [2.75, 3.05) is 11.9 Å². The smallest absolute Gasteiger partial charge is 0.232 e. The van der Waals surface area contributed by atoms with Gasteiger partial charge in [-0.25, -0.2) is 15.0 Å². The van der Waals surface area contributed by atoms with Gasteiger partial charge in [-0.05, 0) is 19.4 Å². The number of hydrogen-bond acceptors (Lipinski definition) is 5. The minimum atomic E-state index is -0.192. The summed E-state index contributed by atoms with van der Waals surface area (Å²) in [5.74, 6) is 0.919. The van der Waals surface area contributed by atoms with Crippen molar-refractivity contribution in [2.24, 2.45) is 0 Å². The molecule has 2 heterocycles. The van der Waals surface area contributed by atoms with Crippen LogP contribution in [0.2, 0.25) is 15.1 Å². The minimum absolute atomic E-state index is 0.192. The van der Waals surface area contributed by atoms with Crippen molar-refractivity contribution in [3.05, 3.63) is 39.4 Å². The Bertz CT molecular complexity index is 654. The molecule has 0 saturated heterocycles. The van der Waals surface area contributed by atoms with E-state index in [-0.39, 0.29) is 6.10 Å². The van der Waals surface area contributed by atoms with Crippen LogP contribution in [0.15, 0.2) is 18.6 Å². The second kappa shape index (κ2) is 7.81. The first-order valence-electron chi connectivity index (χ1n) is 6.72. The van der Waals surface area contributed by atoms with Gasteiger partial charge >= 0.3 is 0 Å². The zero-order valence-electron chi connectivity index (χ0n) is 12.1. The largest absolute Gasteiger partial charge is 0.472 e. The molecule has 0 radical (unpaired) electrons. The summed E-state index contributed by atoms with van der Waals surface area (Å²) in [4.78, 5) is 12.3. The molecule has 1 unspecified atom stereocenters. The van der Waals surface area contributed by atoms with E-state index >= 15 is 0 Å². The van der Waals surface area contributed by atoms with Crippen LogP contribution >= 0.6 is 34.8 Å². The molecular weight excluding hydrogens is 347 g/mol. The lowest BCUT2D eigenvalue weighted by molar-refractivity contribution is 0.225. The highest BCUT2D eigenvalue weighted by Crippen LogP contribution is 2.26. The second-order valence-corrected chi connectivity index (χ2v) is 5.81. The molecule has 0 fully saturated rings. The lowest BCUT2D eigenvalue weighted by Crippen LogP contribution is -2.24. The molecule has 1 atom stereocenters. The number of nitrogens with one attached hydrogen (secondary N) is 1. The molecule has 2 aromatic heterocycles. The van der Waals surface area contributed by atoms with Gasteiger partial charge in [0, 0.05) is 6.20 Å². The summed E-state index contributed by atoms with van der Waals surface area (Å²) in [7, 11) is 0. The Hall–Kier alpha value is -1.30. The summed E-state index contributed by atoms with van der Waals surface area (Å²) in [6.45, 7) is 4.36. The summed E-state index contributed by atoms with van der Waals surface area (Å²) in [6, 6.07) is 1.58. The number of anilines is 1. The van der Waals surface area contributed by atoms with Gasteiger partial charge in [0.15, 0.2) is 0 Å². The van der Waals surface area contributed by atoms with Gasteiger partial charge in [0.2, 0.25) is 5.88 Å². The van der Waals surface area contributed by atoms with Gasteiger partial charge in [0.25, 0.3) is 0 Å². The molecule has 2 rings (SSSR count). The van der Waals surface area contributed by atoms with Crippen LogP contribution in [-0.2, 0) is 6.42 Å². The molecule has 2 aromatic rings. The first kappa shape index (κ1) is 17.1. The van der Waals surface area contributed by atoms with Gasteiger partial charge in [-0.1, -0.05) is 41.7 Å². The van der Waals surface area contributed by atoms with Crippen LogP contribution < -0.4 is 10.1 Å². The van der Waals surface area contributed by atoms with Crippen LogP contribution in [0.5, 0.6) is 5.88 Å².